The maximum atomic E-state index is 12.3. The van der Waals surface area contributed by atoms with Crippen LogP contribution in [0.15, 0.2) is 47.5 Å². The highest BCUT2D eigenvalue weighted by molar-refractivity contribution is 6.27. The van der Waals surface area contributed by atoms with E-state index in [4.69, 9.17) is 11.6 Å². The summed E-state index contributed by atoms with van der Waals surface area (Å²) in [6.07, 6.45) is 3.67. The van der Waals surface area contributed by atoms with Crippen molar-refractivity contribution in [2.24, 2.45) is 0 Å². The lowest BCUT2D eigenvalue weighted by Crippen LogP contribution is -2.40. The van der Waals surface area contributed by atoms with Gasteiger partial charge in [0, 0.05) is 19.3 Å². The molecule has 2 heterocycles. The van der Waals surface area contributed by atoms with Gasteiger partial charge < -0.3 is 15.5 Å². The lowest BCUT2D eigenvalue weighted by Gasteiger charge is -2.31. The van der Waals surface area contributed by atoms with E-state index in [1.54, 1.807) is 40.7 Å². The summed E-state index contributed by atoms with van der Waals surface area (Å²) < 4.78 is 36.8. The number of halogens is 4. The molecule has 2 aliphatic rings. The van der Waals surface area contributed by atoms with E-state index in [1.165, 1.54) is 0 Å². The van der Waals surface area contributed by atoms with E-state index in [1.807, 2.05) is 0 Å². The normalized spacial score (nSPS) is 16.9. The number of rotatable bonds is 4. The van der Waals surface area contributed by atoms with Crippen LogP contribution in [0.1, 0.15) is 0 Å². The number of carbonyl (C=O) groups excluding carboxylic acids is 2. The van der Waals surface area contributed by atoms with Gasteiger partial charge in [0.05, 0.1) is 11.4 Å². The van der Waals surface area contributed by atoms with Crippen LogP contribution in [0, 0.1) is 0 Å². The van der Waals surface area contributed by atoms with Gasteiger partial charge in [-0.05, 0) is 17.7 Å². The molecule has 9 heteroatoms. The summed E-state index contributed by atoms with van der Waals surface area (Å²) >= 11 is 5.46. The SMILES string of the molecule is O=C(CCl)NC1=C2C=CC=CN2CC=C1CNC(=O)C(F)(F)F. The van der Waals surface area contributed by atoms with Crippen molar-refractivity contribution in [3.05, 3.63) is 47.5 Å². The molecule has 0 spiro atoms. The fourth-order valence-electron chi connectivity index (χ4n) is 2.09. The summed E-state index contributed by atoms with van der Waals surface area (Å²) in [6, 6.07) is 0. The number of allylic oxidation sites excluding steroid dienone is 3. The van der Waals surface area contributed by atoms with Crippen molar-refractivity contribution in [1.82, 2.24) is 15.5 Å². The molecule has 0 saturated carbocycles. The van der Waals surface area contributed by atoms with Crippen molar-refractivity contribution in [2.75, 3.05) is 19.0 Å². The van der Waals surface area contributed by atoms with Crippen LogP contribution in [0.2, 0.25) is 0 Å². The standard InChI is InChI=1S/C14H13ClF3N3O2/c15-7-11(22)20-12-9(8-19-13(23)14(16,17)18)4-6-21-5-2-1-3-10(12)21/h1-5H,6-8H2,(H,19,23)(H,20,22). The number of hydrogen-bond donors (Lipinski definition) is 2. The molecular weight excluding hydrogens is 335 g/mol. The number of nitrogens with zero attached hydrogens (tertiary/aromatic N) is 1. The first-order chi connectivity index (χ1) is 10.8. The van der Waals surface area contributed by atoms with Gasteiger partial charge in [-0.2, -0.15) is 13.2 Å². The molecule has 2 N–H and O–H groups in total. The Hall–Kier alpha value is -2.22. The van der Waals surface area contributed by atoms with Crippen LogP contribution in [0.5, 0.6) is 0 Å². The first-order valence-corrected chi connectivity index (χ1v) is 7.12. The van der Waals surface area contributed by atoms with E-state index in [0.29, 0.717) is 23.5 Å². The number of alkyl halides is 4. The predicted octanol–water partition coefficient (Wildman–Crippen LogP) is 1.56. The Morgan fingerprint density at radius 2 is 2.04 bits per heavy atom. The van der Waals surface area contributed by atoms with Gasteiger partial charge in [0.1, 0.15) is 5.88 Å². The van der Waals surface area contributed by atoms with E-state index in [2.05, 4.69) is 5.32 Å². The van der Waals surface area contributed by atoms with Gasteiger partial charge in [-0.15, -0.1) is 11.6 Å². The molecule has 0 saturated heterocycles. The molecule has 0 unspecified atom stereocenters. The predicted molar refractivity (Wildman–Crippen MR) is 78.0 cm³/mol. The van der Waals surface area contributed by atoms with Crippen molar-refractivity contribution >= 4 is 23.4 Å². The number of amides is 2. The van der Waals surface area contributed by atoms with Gasteiger partial charge in [0.2, 0.25) is 5.91 Å². The van der Waals surface area contributed by atoms with Gasteiger partial charge in [-0.1, -0.05) is 12.2 Å². The molecule has 5 nitrogen and oxygen atoms in total. The Morgan fingerprint density at radius 1 is 1.30 bits per heavy atom. The second-order valence-corrected chi connectivity index (χ2v) is 4.97. The Morgan fingerprint density at radius 3 is 2.70 bits per heavy atom. The molecule has 2 aliphatic heterocycles. The van der Waals surface area contributed by atoms with Gasteiger partial charge in [-0.25, -0.2) is 0 Å². The minimum absolute atomic E-state index is 0.293. The number of carbonyl (C=O) groups is 2. The van der Waals surface area contributed by atoms with Crippen molar-refractivity contribution < 1.29 is 22.8 Å². The molecule has 0 aromatic carbocycles. The minimum atomic E-state index is -4.96. The second-order valence-electron chi connectivity index (χ2n) is 4.70. The van der Waals surface area contributed by atoms with Crippen molar-refractivity contribution in [2.45, 2.75) is 6.18 Å². The summed E-state index contributed by atoms with van der Waals surface area (Å²) in [5, 5.41) is 4.36. The van der Waals surface area contributed by atoms with Crippen LogP contribution >= 0.6 is 11.6 Å². The van der Waals surface area contributed by atoms with Crippen LogP contribution in [-0.2, 0) is 9.59 Å². The summed E-state index contributed by atoms with van der Waals surface area (Å²) in [4.78, 5) is 24.3. The lowest BCUT2D eigenvalue weighted by molar-refractivity contribution is -0.173. The lowest BCUT2D eigenvalue weighted by atomic mass is 10.0. The Kier molecular flexibility index (Phi) is 5.15. The fourth-order valence-corrected chi connectivity index (χ4v) is 2.16. The summed E-state index contributed by atoms with van der Waals surface area (Å²) in [5.41, 5.74) is 1.32. The molecule has 0 aliphatic carbocycles. The second kappa shape index (κ2) is 6.91. The molecule has 2 rings (SSSR count). The highest BCUT2D eigenvalue weighted by atomic mass is 35.5. The largest absolute Gasteiger partial charge is 0.471 e. The third-order valence-corrected chi connectivity index (χ3v) is 3.38. The van der Waals surface area contributed by atoms with Gasteiger partial charge in [-0.3, -0.25) is 9.59 Å². The van der Waals surface area contributed by atoms with Crippen molar-refractivity contribution in [3.8, 4) is 0 Å². The smallest absolute Gasteiger partial charge is 0.344 e. The van der Waals surface area contributed by atoms with E-state index in [-0.39, 0.29) is 12.4 Å². The number of hydrogen-bond acceptors (Lipinski definition) is 3. The van der Waals surface area contributed by atoms with Crippen LogP contribution in [-0.4, -0.2) is 41.9 Å². The quantitative estimate of drug-likeness (QED) is 0.759. The van der Waals surface area contributed by atoms with Crippen LogP contribution in [0.25, 0.3) is 0 Å². The maximum Gasteiger partial charge on any atom is 0.471 e. The molecule has 0 aromatic heterocycles. The number of nitrogens with one attached hydrogen (secondary N) is 2. The van der Waals surface area contributed by atoms with Gasteiger partial charge in [0.25, 0.3) is 0 Å². The average Bonchev–Trinajstić information content (AvgIpc) is 2.52. The Labute approximate surface area is 135 Å². The molecule has 0 atom stereocenters. The first kappa shape index (κ1) is 17.1. The Balaban J connectivity index is 2.20. The molecule has 2 amide bonds. The highest BCUT2D eigenvalue weighted by Crippen LogP contribution is 2.25. The zero-order chi connectivity index (χ0) is 17.0. The molecular formula is C14H13ClF3N3O2. The maximum absolute atomic E-state index is 12.3. The third-order valence-electron chi connectivity index (χ3n) is 3.13. The van der Waals surface area contributed by atoms with Crippen molar-refractivity contribution in [3.63, 3.8) is 0 Å². The van der Waals surface area contributed by atoms with E-state index >= 15 is 0 Å². The zero-order valence-electron chi connectivity index (χ0n) is 11.8. The molecule has 0 fully saturated rings. The van der Waals surface area contributed by atoms with E-state index in [9.17, 15) is 22.8 Å². The molecule has 0 radical (unpaired) electrons. The van der Waals surface area contributed by atoms with Crippen molar-refractivity contribution in [1.29, 1.82) is 0 Å². The fraction of sp³-hybridized carbons (Fsp3) is 0.286. The van der Waals surface area contributed by atoms with E-state index < -0.39 is 18.0 Å². The zero-order valence-corrected chi connectivity index (χ0v) is 12.5. The topological polar surface area (TPSA) is 61.4 Å². The first-order valence-electron chi connectivity index (χ1n) is 6.59. The van der Waals surface area contributed by atoms with Crippen LogP contribution in [0.3, 0.4) is 0 Å². The third kappa shape index (κ3) is 4.16. The van der Waals surface area contributed by atoms with Crippen LogP contribution < -0.4 is 10.6 Å². The summed E-state index contributed by atoms with van der Waals surface area (Å²) in [5.74, 6) is -2.82. The molecule has 0 bridgehead atoms. The highest BCUT2D eigenvalue weighted by Gasteiger charge is 2.38. The van der Waals surface area contributed by atoms with Gasteiger partial charge >= 0.3 is 12.1 Å². The Bertz CT molecular complexity index is 636. The minimum Gasteiger partial charge on any atom is -0.344 e. The van der Waals surface area contributed by atoms with Gasteiger partial charge in [0.15, 0.2) is 0 Å². The van der Waals surface area contributed by atoms with Crippen LogP contribution in [0.4, 0.5) is 13.2 Å². The van der Waals surface area contributed by atoms with E-state index in [0.717, 1.165) is 0 Å². The summed E-state index contributed by atoms with van der Waals surface area (Å²) in [7, 11) is 0. The monoisotopic (exact) mass is 347 g/mol. The molecule has 124 valence electrons. The molecule has 0 aromatic rings. The molecule has 23 heavy (non-hydrogen) atoms. The average molecular weight is 348 g/mol. The number of fused-ring (bicyclic) bond motifs is 1. The summed E-state index contributed by atoms with van der Waals surface area (Å²) in [6.45, 7) is 0.0543.